The van der Waals surface area contributed by atoms with E-state index in [0.29, 0.717) is 6.54 Å². The molecule has 0 saturated heterocycles. The molecule has 20 heavy (non-hydrogen) atoms. The van der Waals surface area contributed by atoms with Gasteiger partial charge in [0.15, 0.2) is 0 Å². The predicted molar refractivity (Wildman–Crippen MR) is 82.6 cm³/mol. The van der Waals surface area contributed by atoms with Crippen LogP contribution < -0.4 is 10.5 Å². The number of nitrogens with two attached hydrogens (primary N) is 1. The minimum atomic E-state index is 0.591. The SMILES string of the molecule is NCc1ccc(-c2ccc(OCCC3CC3)cc2)cc1. The van der Waals surface area contributed by atoms with E-state index in [0.717, 1.165) is 23.8 Å². The average Bonchev–Trinajstić information content (AvgIpc) is 3.32. The summed E-state index contributed by atoms with van der Waals surface area (Å²) in [6, 6.07) is 16.7. The molecule has 1 fully saturated rings. The molecule has 0 radical (unpaired) electrons. The fourth-order valence-electron chi connectivity index (χ4n) is 2.33. The van der Waals surface area contributed by atoms with Crippen LogP contribution in [0.3, 0.4) is 0 Å². The van der Waals surface area contributed by atoms with Gasteiger partial charge in [0.05, 0.1) is 6.61 Å². The van der Waals surface area contributed by atoms with E-state index in [-0.39, 0.29) is 0 Å². The quantitative estimate of drug-likeness (QED) is 0.859. The molecule has 1 aliphatic carbocycles. The maximum atomic E-state index is 5.77. The van der Waals surface area contributed by atoms with Crippen LogP contribution in [0.25, 0.3) is 11.1 Å². The van der Waals surface area contributed by atoms with Crippen LogP contribution in [0.1, 0.15) is 24.8 Å². The molecule has 0 aliphatic heterocycles. The molecule has 0 spiro atoms. The summed E-state index contributed by atoms with van der Waals surface area (Å²) in [6.07, 6.45) is 3.98. The van der Waals surface area contributed by atoms with Crippen molar-refractivity contribution >= 4 is 0 Å². The summed E-state index contributed by atoms with van der Waals surface area (Å²) in [6.45, 7) is 1.43. The van der Waals surface area contributed by atoms with Gasteiger partial charge in [0.2, 0.25) is 0 Å². The number of ether oxygens (including phenoxy) is 1. The molecule has 0 bridgehead atoms. The van der Waals surface area contributed by atoms with Gasteiger partial charge in [-0.15, -0.1) is 0 Å². The molecular weight excluding hydrogens is 246 g/mol. The lowest BCUT2D eigenvalue weighted by Gasteiger charge is -2.07. The maximum absolute atomic E-state index is 5.77. The normalized spacial score (nSPS) is 14.2. The molecule has 2 heteroatoms. The summed E-state index contributed by atoms with van der Waals surface area (Å²) in [5, 5.41) is 0. The van der Waals surface area contributed by atoms with Gasteiger partial charge in [0, 0.05) is 6.54 Å². The zero-order valence-electron chi connectivity index (χ0n) is 11.7. The first kappa shape index (κ1) is 13.2. The monoisotopic (exact) mass is 267 g/mol. The lowest BCUT2D eigenvalue weighted by molar-refractivity contribution is 0.302. The molecule has 0 heterocycles. The van der Waals surface area contributed by atoms with Gasteiger partial charge in [-0.2, -0.15) is 0 Å². The van der Waals surface area contributed by atoms with Crippen molar-refractivity contribution in [2.45, 2.75) is 25.8 Å². The number of benzene rings is 2. The minimum Gasteiger partial charge on any atom is -0.494 e. The zero-order chi connectivity index (χ0) is 13.8. The Morgan fingerprint density at radius 3 is 2.05 bits per heavy atom. The summed E-state index contributed by atoms with van der Waals surface area (Å²) in [4.78, 5) is 0. The molecule has 0 amide bonds. The molecule has 3 rings (SSSR count). The van der Waals surface area contributed by atoms with E-state index in [1.807, 2.05) is 0 Å². The van der Waals surface area contributed by atoms with Gasteiger partial charge in [-0.25, -0.2) is 0 Å². The second-order valence-electron chi connectivity index (χ2n) is 5.51. The van der Waals surface area contributed by atoms with Crippen LogP contribution in [0.2, 0.25) is 0 Å². The Morgan fingerprint density at radius 1 is 0.900 bits per heavy atom. The van der Waals surface area contributed by atoms with E-state index < -0.39 is 0 Å². The van der Waals surface area contributed by atoms with Gasteiger partial charge in [-0.3, -0.25) is 0 Å². The Bertz CT molecular complexity index is 541. The van der Waals surface area contributed by atoms with Gasteiger partial charge >= 0.3 is 0 Å². The second kappa shape index (κ2) is 6.10. The molecule has 0 atom stereocenters. The van der Waals surface area contributed by atoms with Gasteiger partial charge < -0.3 is 10.5 Å². The molecule has 1 saturated carbocycles. The van der Waals surface area contributed by atoms with Crippen LogP contribution >= 0.6 is 0 Å². The lowest BCUT2D eigenvalue weighted by Crippen LogP contribution is -1.98. The van der Waals surface area contributed by atoms with E-state index in [1.165, 1.54) is 30.4 Å². The summed E-state index contributed by atoms with van der Waals surface area (Å²) >= 11 is 0. The highest BCUT2D eigenvalue weighted by Gasteiger charge is 2.20. The zero-order valence-corrected chi connectivity index (χ0v) is 11.7. The van der Waals surface area contributed by atoms with Crippen molar-refractivity contribution in [3.05, 3.63) is 54.1 Å². The third-order valence-electron chi connectivity index (χ3n) is 3.87. The first-order valence-electron chi connectivity index (χ1n) is 7.37. The van der Waals surface area contributed by atoms with E-state index in [1.54, 1.807) is 0 Å². The van der Waals surface area contributed by atoms with Crippen LogP contribution in [-0.2, 0) is 6.54 Å². The van der Waals surface area contributed by atoms with Crippen molar-refractivity contribution in [2.24, 2.45) is 11.7 Å². The lowest BCUT2D eigenvalue weighted by atomic mass is 10.0. The van der Waals surface area contributed by atoms with Crippen LogP contribution in [-0.4, -0.2) is 6.61 Å². The van der Waals surface area contributed by atoms with Gasteiger partial charge in [-0.05, 0) is 41.2 Å². The van der Waals surface area contributed by atoms with E-state index >= 15 is 0 Å². The van der Waals surface area contributed by atoms with Gasteiger partial charge in [0.1, 0.15) is 5.75 Å². The molecular formula is C18H21NO. The van der Waals surface area contributed by atoms with Crippen molar-refractivity contribution in [1.29, 1.82) is 0 Å². The van der Waals surface area contributed by atoms with Crippen LogP contribution in [0.15, 0.2) is 48.5 Å². The fraction of sp³-hybridized carbons (Fsp3) is 0.333. The highest BCUT2D eigenvalue weighted by Crippen LogP contribution is 2.32. The minimum absolute atomic E-state index is 0.591. The largest absolute Gasteiger partial charge is 0.494 e. The Kier molecular flexibility index (Phi) is 4.03. The molecule has 0 aromatic heterocycles. The van der Waals surface area contributed by atoms with E-state index in [9.17, 15) is 0 Å². The third kappa shape index (κ3) is 3.40. The second-order valence-corrected chi connectivity index (χ2v) is 5.51. The van der Waals surface area contributed by atoms with Crippen molar-refractivity contribution in [3.63, 3.8) is 0 Å². The maximum Gasteiger partial charge on any atom is 0.119 e. The topological polar surface area (TPSA) is 35.2 Å². The molecule has 2 nitrogen and oxygen atoms in total. The number of hydrogen-bond acceptors (Lipinski definition) is 2. The van der Waals surface area contributed by atoms with Crippen molar-refractivity contribution in [1.82, 2.24) is 0 Å². The molecule has 104 valence electrons. The first-order valence-corrected chi connectivity index (χ1v) is 7.37. The molecule has 0 unspecified atom stereocenters. The summed E-state index contributed by atoms with van der Waals surface area (Å²) in [5.41, 5.74) is 9.20. The summed E-state index contributed by atoms with van der Waals surface area (Å²) < 4.78 is 5.77. The first-order chi connectivity index (χ1) is 9.85. The summed E-state index contributed by atoms with van der Waals surface area (Å²) in [7, 11) is 0. The Balaban J connectivity index is 1.61. The summed E-state index contributed by atoms with van der Waals surface area (Å²) in [5.74, 6) is 1.89. The van der Waals surface area contributed by atoms with Crippen LogP contribution in [0, 0.1) is 5.92 Å². The van der Waals surface area contributed by atoms with Crippen LogP contribution in [0.4, 0.5) is 0 Å². The number of hydrogen-bond donors (Lipinski definition) is 1. The highest BCUT2D eigenvalue weighted by molar-refractivity contribution is 5.64. The third-order valence-corrected chi connectivity index (χ3v) is 3.87. The van der Waals surface area contributed by atoms with Gasteiger partial charge in [-0.1, -0.05) is 49.2 Å². The van der Waals surface area contributed by atoms with Gasteiger partial charge in [0.25, 0.3) is 0 Å². The Labute approximate surface area is 120 Å². The highest BCUT2D eigenvalue weighted by atomic mass is 16.5. The standard InChI is InChI=1S/C18H21NO/c19-13-15-3-5-16(6-4-15)17-7-9-18(10-8-17)20-12-11-14-1-2-14/h3-10,14H,1-2,11-13,19H2. The van der Waals surface area contributed by atoms with Crippen molar-refractivity contribution < 1.29 is 4.74 Å². The number of rotatable bonds is 6. The van der Waals surface area contributed by atoms with Crippen molar-refractivity contribution in [2.75, 3.05) is 6.61 Å². The Hall–Kier alpha value is -1.80. The fourth-order valence-corrected chi connectivity index (χ4v) is 2.33. The molecule has 2 aromatic carbocycles. The van der Waals surface area contributed by atoms with E-state index in [2.05, 4.69) is 48.5 Å². The smallest absolute Gasteiger partial charge is 0.119 e. The van der Waals surface area contributed by atoms with Crippen molar-refractivity contribution in [3.8, 4) is 16.9 Å². The van der Waals surface area contributed by atoms with Crippen LogP contribution in [0.5, 0.6) is 5.75 Å². The molecule has 1 aliphatic rings. The predicted octanol–water partition coefficient (Wildman–Crippen LogP) is 3.99. The Morgan fingerprint density at radius 2 is 1.50 bits per heavy atom. The van der Waals surface area contributed by atoms with E-state index in [4.69, 9.17) is 10.5 Å². The molecule has 2 N–H and O–H groups in total. The molecule has 2 aromatic rings. The average molecular weight is 267 g/mol.